The van der Waals surface area contributed by atoms with Crippen LogP contribution in [0.3, 0.4) is 0 Å². The van der Waals surface area contributed by atoms with Gasteiger partial charge in [-0.05, 0) is 56.9 Å². The molecular weight excluding hydrogens is 346 g/mol. The maximum Gasteiger partial charge on any atom is 0.310 e. The Morgan fingerprint density at radius 3 is 2.44 bits per heavy atom. The third-order valence-corrected chi connectivity index (χ3v) is 5.07. The van der Waals surface area contributed by atoms with Gasteiger partial charge in [-0.2, -0.15) is 0 Å². The number of hydrogen-bond acceptors (Lipinski definition) is 5. The Kier molecular flexibility index (Phi) is 6.40. The predicted octanol–water partition coefficient (Wildman–Crippen LogP) is 3.13. The fourth-order valence-corrected chi connectivity index (χ4v) is 3.45. The standard InChI is InChI=1S/C21H25NO5/c1-14(23)15-8-10-16(11-9-15)22-20(24)18-6-2-3-7-19(18)21(25)27-13-17-5-4-12-26-17/h2-3,8-11,17-19H,4-7,12-13H2,1H3,(H,22,24)/t17-,18-,19+/m1/s1. The SMILES string of the molecule is CC(=O)c1ccc(NC(=O)[C@@H]2CC=CC[C@@H]2C(=O)OC[C@H]2CCCO2)cc1. The quantitative estimate of drug-likeness (QED) is 0.472. The van der Waals surface area contributed by atoms with Crippen LogP contribution in [0, 0.1) is 11.8 Å². The van der Waals surface area contributed by atoms with Gasteiger partial charge in [0.15, 0.2) is 5.78 Å². The van der Waals surface area contributed by atoms with Gasteiger partial charge in [-0.15, -0.1) is 0 Å². The van der Waals surface area contributed by atoms with Crippen LogP contribution >= 0.6 is 0 Å². The van der Waals surface area contributed by atoms with Crippen LogP contribution in [-0.2, 0) is 19.1 Å². The van der Waals surface area contributed by atoms with Crippen molar-refractivity contribution < 1.29 is 23.9 Å². The molecular formula is C21H25NO5. The largest absolute Gasteiger partial charge is 0.463 e. The van der Waals surface area contributed by atoms with Gasteiger partial charge < -0.3 is 14.8 Å². The fraction of sp³-hybridized carbons (Fsp3) is 0.476. The van der Waals surface area contributed by atoms with Gasteiger partial charge in [-0.1, -0.05) is 12.2 Å². The molecule has 3 atom stereocenters. The van der Waals surface area contributed by atoms with Crippen molar-refractivity contribution in [1.82, 2.24) is 0 Å². The Morgan fingerprint density at radius 2 is 1.81 bits per heavy atom. The van der Waals surface area contributed by atoms with Crippen LogP contribution < -0.4 is 5.32 Å². The van der Waals surface area contributed by atoms with Crippen molar-refractivity contribution in [3.05, 3.63) is 42.0 Å². The van der Waals surface area contributed by atoms with Gasteiger partial charge in [0.1, 0.15) is 6.61 Å². The highest BCUT2D eigenvalue weighted by Crippen LogP contribution is 2.28. The van der Waals surface area contributed by atoms with Gasteiger partial charge >= 0.3 is 5.97 Å². The minimum absolute atomic E-state index is 0.0276. The molecule has 1 aromatic carbocycles. The molecule has 1 saturated heterocycles. The second kappa shape index (κ2) is 8.95. The molecule has 0 aromatic heterocycles. The van der Waals surface area contributed by atoms with Gasteiger partial charge in [-0.25, -0.2) is 0 Å². The number of ether oxygens (including phenoxy) is 2. The normalized spacial score (nSPS) is 24.4. The number of nitrogens with one attached hydrogen (secondary N) is 1. The number of benzene rings is 1. The highest BCUT2D eigenvalue weighted by atomic mass is 16.6. The number of rotatable bonds is 6. The molecule has 1 aliphatic heterocycles. The van der Waals surface area contributed by atoms with Crippen molar-refractivity contribution in [1.29, 1.82) is 0 Å². The average molecular weight is 371 g/mol. The van der Waals surface area contributed by atoms with Crippen LogP contribution in [0.1, 0.15) is 43.0 Å². The average Bonchev–Trinajstić information content (AvgIpc) is 3.20. The maximum absolute atomic E-state index is 12.7. The van der Waals surface area contributed by atoms with E-state index in [0.29, 0.717) is 30.7 Å². The lowest BCUT2D eigenvalue weighted by molar-refractivity contribution is -0.155. The number of ketones is 1. The summed E-state index contributed by atoms with van der Waals surface area (Å²) in [5.41, 5.74) is 1.19. The lowest BCUT2D eigenvalue weighted by Crippen LogP contribution is -2.36. The molecule has 0 radical (unpaired) electrons. The molecule has 0 unspecified atom stereocenters. The van der Waals surface area contributed by atoms with Crippen molar-refractivity contribution in [3.63, 3.8) is 0 Å². The van der Waals surface area contributed by atoms with Crippen molar-refractivity contribution in [2.45, 2.75) is 38.7 Å². The molecule has 3 rings (SSSR count). The number of hydrogen-bond donors (Lipinski definition) is 1. The first-order chi connectivity index (χ1) is 13.0. The lowest BCUT2D eigenvalue weighted by Gasteiger charge is -2.26. The smallest absolute Gasteiger partial charge is 0.310 e. The van der Waals surface area contributed by atoms with E-state index < -0.39 is 11.8 Å². The van der Waals surface area contributed by atoms with E-state index in [1.165, 1.54) is 6.92 Å². The van der Waals surface area contributed by atoms with Crippen molar-refractivity contribution in [3.8, 4) is 0 Å². The minimum Gasteiger partial charge on any atom is -0.463 e. The molecule has 0 saturated carbocycles. The summed E-state index contributed by atoms with van der Waals surface area (Å²) in [6.45, 7) is 2.45. The molecule has 27 heavy (non-hydrogen) atoms. The number of Topliss-reactive ketones (excluding diaryl/α,β-unsaturated/α-hetero) is 1. The summed E-state index contributed by atoms with van der Waals surface area (Å²) in [5.74, 6) is -1.55. The molecule has 0 spiro atoms. The van der Waals surface area contributed by atoms with Gasteiger partial charge in [0, 0.05) is 17.9 Å². The summed E-state index contributed by atoms with van der Waals surface area (Å²) >= 11 is 0. The van der Waals surface area contributed by atoms with Crippen LogP contribution in [0.4, 0.5) is 5.69 Å². The first kappa shape index (κ1) is 19.3. The zero-order chi connectivity index (χ0) is 19.2. The highest BCUT2D eigenvalue weighted by molar-refractivity contribution is 5.97. The monoisotopic (exact) mass is 371 g/mol. The third-order valence-electron chi connectivity index (χ3n) is 5.07. The van der Waals surface area contributed by atoms with E-state index in [4.69, 9.17) is 9.47 Å². The Morgan fingerprint density at radius 1 is 1.11 bits per heavy atom. The summed E-state index contributed by atoms with van der Waals surface area (Å²) in [6.07, 6.45) is 6.69. The van der Waals surface area contributed by atoms with Crippen molar-refractivity contribution in [2.24, 2.45) is 11.8 Å². The number of carbonyl (C=O) groups is 3. The van der Waals surface area contributed by atoms with Gasteiger partial charge in [0.2, 0.25) is 5.91 Å². The Balaban J connectivity index is 1.59. The Bertz CT molecular complexity index is 719. The molecule has 2 aliphatic rings. The van der Waals surface area contributed by atoms with Crippen molar-refractivity contribution in [2.75, 3.05) is 18.5 Å². The van der Waals surface area contributed by atoms with Gasteiger partial charge in [0.05, 0.1) is 17.9 Å². The molecule has 1 N–H and O–H groups in total. The zero-order valence-corrected chi connectivity index (χ0v) is 15.5. The van der Waals surface area contributed by atoms with Crippen LogP contribution in [0.2, 0.25) is 0 Å². The van der Waals surface area contributed by atoms with E-state index in [-0.39, 0.29) is 30.4 Å². The first-order valence-electron chi connectivity index (χ1n) is 9.39. The molecule has 144 valence electrons. The number of amides is 1. The third kappa shape index (κ3) is 5.04. The van der Waals surface area contributed by atoms with Crippen molar-refractivity contribution >= 4 is 23.3 Å². The summed E-state index contributed by atoms with van der Waals surface area (Å²) in [6, 6.07) is 6.73. The second-order valence-electron chi connectivity index (χ2n) is 7.04. The molecule has 1 aliphatic carbocycles. The number of anilines is 1. The molecule has 0 bridgehead atoms. The minimum atomic E-state index is -0.493. The number of carbonyl (C=O) groups excluding carboxylic acids is 3. The van der Waals surface area contributed by atoms with E-state index in [0.717, 1.165) is 12.8 Å². The Labute approximate surface area is 158 Å². The molecule has 1 aromatic rings. The first-order valence-corrected chi connectivity index (χ1v) is 9.39. The van der Waals surface area contributed by atoms with E-state index in [2.05, 4.69) is 5.32 Å². The van der Waals surface area contributed by atoms with Crippen LogP contribution in [0.15, 0.2) is 36.4 Å². The topological polar surface area (TPSA) is 81.7 Å². The summed E-state index contributed by atoms with van der Waals surface area (Å²) in [7, 11) is 0. The molecule has 1 fully saturated rings. The fourth-order valence-electron chi connectivity index (χ4n) is 3.45. The van der Waals surface area contributed by atoms with Crippen LogP contribution in [0.25, 0.3) is 0 Å². The Hall–Kier alpha value is -2.47. The van der Waals surface area contributed by atoms with Crippen LogP contribution in [-0.4, -0.2) is 37.0 Å². The molecule has 1 amide bonds. The summed E-state index contributed by atoms with van der Waals surface area (Å²) in [5, 5.41) is 2.84. The lowest BCUT2D eigenvalue weighted by atomic mass is 9.82. The molecule has 6 nitrogen and oxygen atoms in total. The summed E-state index contributed by atoms with van der Waals surface area (Å²) < 4.78 is 10.9. The number of esters is 1. The van der Waals surface area contributed by atoms with Crippen LogP contribution in [0.5, 0.6) is 0 Å². The van der Waals surface area contributed by atoms with E-state index in [1.807, 2.05) is 12.2 Å². The molecule has 6 heteroatoms. The van der Waals surface area contributed by atoms with E-state index >= 15 is 0 Å². The van der Waals surface area contributed by atoms with E-state index in [1.54, 1.807) is 24.3 Å². The highest BCUT2D eigenvalue weighted by Gasteiger charge is 2.35. The van der Waals surface area contributed by atoms with E-state index in [9.17, 15) is 14.4 Å². The maximum atomic E-state index is 12.7. The molecule has 1 heterocycles. The summed E-state index contributed by atoms with van der Waals surface area (Å²) in [4.78, 5) is 36.6. The second-order valence-corrected chi connectivity index (χ2v) is 7.04. The van der Waals surface area contributed by atoms with Gasteiger partial charge in [-0.3, -0.25) is 14.4 Å². The van der Waals surface area contributed by atoms with Gasteiger partial charge in [0.25, 0.3) is 0 Å². The zero-order valence-electron chi connectivity index (χ0n) is 15.5. The number of allylic oxidation sites excluding steroid dienone is 2. The predicted molar refractivity (Wildman–Crippen MR) is 100 cm³/mol.